The monoisotopic (exact) mass is 547 g/mol. The van der Waals surface area contributed by atoms with Gasteiger partial charge in [0.05, 0.1) is 23.7 Å². The van der Waals surface area contributed by atoms with Crippen molar-refractivity contribution < 1.29 is 14.3 Å². The van der Waals surface area contributed by atoms with E-state index in [0.29, 0.717) is 71.9 Å². The summed E-state index contributed by atoms with van der Waals surface area (Å²) in [4.78, 5) is 39.8. The van der Waals surface area contributed by atoms with E-state index in [0.717, 1.165) is 0 Å². The highest BCUT2D eigenvalue weighted by Crippen LogP contribution is 2.28. The van der Waals surface area contributed by atoms with Crippen LogP contribution in [0.3, 0.4) is 0 Å². The van der Waals surface area contributed by atoms with E-state index in [9.17, 15) is 9.59 Å². The summed E-state index contributed by atoms with van der Waals surface area (Å²) in [5.74, 6) is 1.70. The fourth-order valence-electron chi connectivity index (χ4n) is 4.76. The predicted octanol–water partition coefficient (Wildman–Crippen LogP) is 4.12. The maximum atomic E-state index is 13.8. The Morgan fingerprint density at radius 2 is 1.74 bits per heavy atom. The number of nitrogens with zero attached hydrogens (tertiary/aromatic N) is 5. The van der Waals surface area contributed by atoms with Gasteiger partial charge in [0.2, 0.25) is 0 Å². The minimum absolute atomic E-state index is 0.0388. The highest BCUT2D eigenvalue weighted by molar-refractivity contribution is 6.30. The molecule has 4 aromatic rings. The van der Waals surface area contributed by atoms with Gasteiger partial charge in [-0.05, 0) is 62.4 Å². The zero-order valence-electron chi connectivity index (χ0n) is 21.9. The summed E-state index contributed by atoms with van der Waals surface area (Å²) in [7, 11) is 0. The molecule has 0 aliphatic carbocycles. The van der Waals surface area contributed by atoms with Crippen molar-refractivity contribution in [2.75, 3.05) is 39.4 Å². The van der Waals surface area contributed by atoms with E-state index < -0.39 is 0 Å². The van der Waals surface area contributed by atoms with Gasteiger partial charge < -0.3 is 14.4 Å². The quantitative estimate of drug-likeness (QED) is 0.328. The van der Waals surface area contributed by atoms with Crippen molar-refractivity contribution >= 4 is 28.5 Å². The molecule has 202 valence electrons. The van der Waals surface area contributed by atoms with E-state index in [2.05, 4.69) is 9.88 Å². The lowest BCUT2D eigenvalue weighted by atomic mass is 10.1. The molecule has 5 rings (SSSR count). The first-order valence-corrected chi connectivity index (χ1v) is 13.3. The molecule has 1 amide bonds. The van der Waals surface area contributed by atoms with Crippen molar-refractivity contribution in [1.29, 1.82) is 0 Å². The van der Waals surface area contributed by atoms with E-state index in [1.807, 2.05) is 38.1 Å². The van der Waals surface area contributed by atoms with Crippen molar-refractivity contribution in [3.8, 4) is 17.2 Å². The summed E-state index contributed by atoms with van der Waals surface area (Å²) in [5.41, 5.74) is 0.843. The first-order chi connectivity index (χ1) is 19.0. The number of pyridine rings is 1. The van der Waals surface area contributed by atoms with Gasteiger partial charge in [0.25, 0.3) is 11.5 Å². The van der Waals surface area contributed by atoms with Crippen LogP contribution in [0.1, 0.15) is 25.7 Å². The number of halogens is 1. The van der Waals surface area contributed by atoms with Crippen molar-refractivity contribution in [2.24, 2.45) is 0 Å². The molecule has 0 saturated carbocycles. The lowest BCUT2D eigenvalue weighted by Crippen LogP contribution is -2.51. The molecular weight excluding hydrogens is 518 g/mol. The molecule has 3 heterocycles. The third-order valence-electron chi connectivity index (χ3n) is 6.84. The topological polar surface area (TPSA) is 89.8 Å². The van der Waals surface area contributed by atoms with Crippen LogP contribution in [0, 0.1) is 0 Å². The Balaban J connectivity index is 1.37. The molecule has 1 aliphatic heterocycles. The fraction of sp³-hybridized carbons (Fsp3) is 0.310. The number of amides is 1. The number of hydrogen-bond acceptors (Lipinski definition) is 7. The number of carbonyl (C=O) groups excluding carboxylic acids is 1. The predicted molar refractivity (Wildman–Crippen MR) is 150 cm³/mol. The average molecular weight is 548 g/mol. The van der Waals surface area contributed by atoms with Crippen molar-refractivity contribution in [1.82, 2.24) is 24.3 Å². The number of rotatable bonds is 8. The van der Waals surface area contributed by atoms with Crippen LogP contribution in [0.5, 0.6) is 11.5 Å². The van der Waals surface area contributed by atoms with Gasteiger partial charge in [-0.3, -0.25) is 19.1 Å². The second-order valence-electron chi connectivity index (χ2n) is 9.22. The van der Waals surface area contributed by atoms with Crippen LogP contribution in [-0.4, -0.2) is 69.6 Å². The standard InChI is InChI=1S/C29H30ClN5O4/c1-3-38-25-9-5-4-8-24(25)35-28(32-27-23(29(35)37)7-6-14-31-27)20(2)33-15-17-34(18-16-33)26(36)19-39-22-12-10-21(30)11-13-22/h4-14,20H,3,15-19H2,1-2H3. The van der Waals surface area contributed by atoms with E-state index in [-0.39, 0.29) is 24.1 Å². The number of fused-ring (bicyclic) bond motifs is 1. The van der Waals surface area contributed by atoms with Crippen molar-refractivity contribution in [3.05, 3.63) is 88.1 Å². The number of aromatic nitrogens is 3. The van der Waals surface area contributed by atoms with Crippen LogP contribution in [0.4, 0.5) is 0 Å². The molecule has 9 nitrogen and oxygen atoms in total. The van der Waals surface area contributed by atoms with Crippen LogP contribution in [0.25, 0.3) is 16.7 Å². The van der Waals surface area contributed by atoms with E-state index >= 15 is 0 Å². The largest absolute Gasteiger partial charge is 0.492 e. The van der Waals surface area contributed by atoms with Gasteiger partial charge in [0.1, 0.15) is 17.3 Å². The smallest absolute Gasteiger partial charge is 0.267 e. The summed E-state index contributed by atoms with van der Waals surface area (Å²) in [6.07, 6.45) is 1.64. The van der Waals surface area contributed by atoms with Crippen molar-refractivity contribution in [3.63, 3.8) is 0 Å². The molecule has 1 atom stereocenters. The Morgan fingerprint density at radius 1 is 1.00 bits per heavy atom. The van der Waals surface area contributed by atoms with Gasteiger partial charge in [-0.25, -0.2) is 9.97 Å². The first kappa shape index (κ1) is 26.6. The second-order valence-corrected chi connectivity index (χ2v) is 9.66. The van der Waals surface area contributed by atoms with Gasteiger partial charge in [-0.1, -0.05) is 23.7 Å². The molecule has 2 aromatic heterocycles. The zero-order valence-corrected chi connectivity index (χ0v) is 22.7. The number of piperazine rings is 1. The maximum Gasteiger partial charge on any atom is 0.267 e. The normalized spacial score (nSPS) is 14.8. The van der Waals surface area contributed by atoms with Gasteiger partial charge in [0, 0.05) is 37.4 Å². The minimum atomic E-state index is -0.221. The van der Waals surface area contributed by atoms with Crippen LogP contribution in [-0.2, 0) is 4.79 Å². The molecule has 2 aromatic carbocycles. The van der Waals surface area contributed by atoms with E-state index in [4.69, 9.17) is 26.1 Å². The number of ether oxygens (including phenoxy) is 2. The Hall–Kier alpha value is -3.95. The van der Waals surface area contributed by atoms with Crippen LogP contribution >= 0.6 is 11.6 Å². The van der Waals surface area contributed by atoms with Crippen LogP contribution < -0.4 is 15.0 Å². The van der Waals surface area contributed by atoms with E-state index in [1.54, 1.807) is 52.1 Å². The highest BCUT2D eigenvalue weighted by atomic mass is 35.5. The van der Waals surface area contributed by atoms with Gasteiger partial charge in [0.15, 0.2) is 12.3 Å². The molecule has 0 radical (unpaired) electrons. The molecule has 0 N–H and O–H groups in total. The first-order valence-electron chi connectivity index (χ1n) is 13.0. The lowest BCUT2D eigenvalue weighted by Gasteiger charge is -2.38. The maximum absolute atomic E-state index is 13.8. The summed E-state index contributed by atoms with van der Waals surface area (Å²) in [6.45, 7) is 6.69. The summed E-state index contributed by atoms with van der Waals surface area (Å²) < 4.78 is 13.1. The van der Waals surface area contributed by atoms with Gasteiger partial charge in [-0.15, -0.1) is 0 Å². The highest BCUT2D eigenvalue weighted by Gasteiger charge is 2.29. The van der Waals surface area contributed by atoms with Gasteiger partial charge in [-0.2, -0.15) is 0 Å². The summed E-state index contributed by atoms with van der Waals surface area (Å²) in [6, 6.07) is 17.7. The lowest BCUT2D eigenvalue weighted by molar-refractivity contribution is -0.135. The third-order valence-corrected chi connectivity index (χ3v) is 7.09. The van der Waals surface area contributed by atoms with E-state index in [1.165, 1.54) is 0 Å². The number of hydrogen-bond donors (Lipinski definition) is 0. The number of benzene rings is 2. The Kier molecular flexibility index (Phi) is 8.09. The summed E-state index contributed by atoms with van der Waals surface area (Å²) in [5, 5.41) is 1.05. The number of para-hydroxylation sites is 2. The molecule has 1 fully saturated rings. The minimum Gasteiger partial charge on any atom is -0.492 e. The molecule has 0 bridgehead atoms. The Morgan fingerprint density at radius 3 is 2.49 bits per heavy atom. The molecule has 39 heavy (non-hydrogen) atoms. The molecule has 10 heteroatoms. The van der Waals surface area contributed by atoms with Crippen LogP contribution in [0.15, 0.2) is 71.7 Å². The molecule has 1 saturated heterocycles. The average Bonchev–Trinajstić information content (AvgIpc) is 2.97. The Labute approximate surface area is 231 Å². The van der Waals surface area contributed by atoms with Gasteiger partial charge >= 0.3 is 0 Å². The molecular formula is C29H30ClN5O4. The third kappa shape index (κ3) is 5.74. The molecule has 1 unspecified atom stereocenters. The zero-order chi connectivity index (χ0) is 27.4. The van der Waals surface area contributed by atoms with Crippen LogP contribution in [0.2, 0.25) is 5.02 Å². The molecule has 0 spiro atoms. The fourth-order valence-corrected chi connectivity index (χ4v) is 4.88. The Bertz CT molecular complexity index is 1520. The SMILES string of the molecule is CCOc1ccccc1-n1c(C(C)N2CCN(C(=O)COc3ccc(Cl)cc3)CC2)nc2ncccc2c1=O. The second kappa shape index (κ2) is 11.8. The number of carbonyl (C=O) groups is 1. The van der Waals surface area contributed by atoms with Crippen molar-refractivity contribution in [2.45, 2.75) is 19.9 Å². The molecule has 1 aliphatic rings. The summed E-state index contributed by atoms with van der Waals surface area (Å²) >= 11 is 5.91.